The molecule has 0 aromatic carbocycles. The van der Waals surface area contributed by atoms with Crippen molar-refractivity contribution in [2.24, 2.45) is 0 Å². The van der Waals surface area contributed by atoms with Gasteiger partial charge in [-0.05, 0) is 18.6 Å². The van der Waals surface area contributed by atoms with Crippen molar-refractivity contribution < 1.29 is 0 Å². The van der Waals surface area contributed by atoms with Crippen molar-refractivity contribution in [3.63, 3.8) is 0 Å². The fourth-order valence-electron chi connectivity index (χ4n) is 0.353. The van der Waals surface area contributed by atoms with E-state index in [9.17, 15) is 0 Å². The Hall–Kier alpha value is 0.700. The van der Waals surface area contributed by atoms with Gasteiger partial charge in [-0.2, -0.15) is 25.3 Å². The molecule has 0 nitrogen and oxygen atoms in total. The summed E-state index contributed by atoms with van der Waals surface area (Å²) in [5.41, 5.74) is 0. The summed E-state index contributed by atoms with van der Waals surface area (Å²) < 4.78 is 0. The lowest BCUT2D eigenvalue weighted by molar-refractivity contribution is 0.806. The van der Waals surface area contributed by atoms with Crippen LogP contribution in [0.3, 0.4) is 0 Å². The summed E-state index contributed by atoms with van der Waals surface area (Å²) in [5, 5.41) is 0.567. The summed E-state index contributed by atoms with van der Waals surface area (Å²) in [7, 11) is 0. The van der Waals surface area contributed by atoms with Gasteiger partial charge in [0.15, 0.2) is 0 Å². The van der Waals surface area contributed by atoms with Crippen molar-refractivity contribution >= 4 is 25.3 Å². The zero-order valence-electron chi connectivity index (χ0n) is 4.59. The van der Waals surface area contributed by atoms with Crippen LogP contribution in [0.1, 0.15) is 19.8 Å². The molecule has 0 amide bonds. The number of hydrogen-bond donors (Lipinski definition) is 2. The molecular weight excluding hydrogens is 124 g/mol. The van der Waals surface area contributed by atoms with Gasteiger partial charge in [0.05, 0.1) is 0 Å². The molecule has 0 radical (unpaired) electrons. The molecule has 1 unspecified atom stereocenters. The first-order valence-corrected chi connectivity index (χ1v) is 3.75. The normalized spacial score (nSPS) is 14.1. The minimum Gasteiger partial charge on any atom is -0.179 e. The lowest BCUT2D eigenvalue weighted by Crippen LogP contribution is -1.95. The molecule has 44 valence electrons. The number of rotatable bonds is 3. The molecule has 0 bridgehead atoms. The van der Waals surface area contributed by atoms with Crippen molar-refractivity contribution in [1.82, 2.24) is 0 Å². The molecule has 0 rings (SSSR count). The van der Waals surface area contributed by atoms with Gasteiger partial charge >= 0.3 is 0 Å². The summed E-state index contributed by atoms with van der Waals surface area (Å²) in [6.07, 6.45) is 2.28. The minimum absolute atomic E-state index is 0.567. The second kappa shape index (κ2) is 4.85. The highest BCUT2D eigenvalue weighted by molar-refractivity contribution is 7.81. The van der Waals surface area contributed by atoms with Gasteiger partial charge in [-0.3, -0.25) is 0 Å². The zero-order chi connectivity index (χ0) is 5.70. The summed E-state index contributed by atoms with van der Waals surface area (Å²) in [5.74, 6) is 0.960. The summed E-state index contributed by atoms with van der Waals surface area (Å²) in [6.45, 7) is 2.14. The third-order valence-corrected chi connectivity index (χ3v) is 1.82. The Morgan fingerprint density at radius 2 is 2.14 bits per heavy atom. The molecule has 0 aliphatic heterocycles. The van der Waals surface area contributed by atoms with Crippen LogP contribution in [0.2, 0.25) is 0 Å². The highest BCUT2D eigenvalue weighted by Crippen LogP contribution is 2.05. The molecule has 0 aliphatic carbocycles. The van der Waals surface area contributed by atoms with Gasteiger partial charge in [-0.25, -0.2) is 0 Å². The van der Waals surface area contributed by atoms with Gasteiger partial charge in [-0.15, -0.1) is 0 Å². The van der Waals surface area contributed by atoms with Crippen molar-refractivity contribution in [3.05, 3.63) is 0 Å². The van der Waals surface area contributed by atoms with Crippen LogP contribution in [-0.4, -0.2) is 11.0 Å². The van der Waals surface area contributed by atoms with Gasteiger partial charge in [0, 0.05) is 5.25 Å². The third-order valence-electron chi connectivity index (χ3n) is 0.934. The Bertz CT molecular complexity index is 37.1. The summed E-state index contributed by atoms with van der Waals surface area (Å²) in [4.78, 5) is 0. The van der Waals surface area contributed by atoms with Crippen LogP contribution < -0.4 is 0 Å². The van der Waals surface area contributed by atoms with E-state index in [1.807, 2.05) is 0 Å². The Labute approximate surface area is 56.5 Å². The first kappa shape index (κ1) is 7.70. The molecule has 0 aromatic heterocycles. The Kier molecular flexibility index (Phi) is 5.33. The quantitative estimate of drug-likeness (QED) is 0.545. The lowest BCUT2D eigenvalue weighted by atomic mass is 10.3. The van der Waals surface area contributed by atoms with E-state index in [2.05, 4.69) is 32.2 Å². The molecule has 0 saturated heterocycles. The van der Waals surface area contributed by atoms with Gasteiger partial charge < -0.3 is 0 Å². The van der Waals surface area contributed by atoms with Crippen molar-refractivity contribution in [1.29, 1.82) is 0 Å². The van der Waals surface area contributed by atoms with Crippen molar-refractivity contribution in [3.8, 4) is 0 Å². The summed E-state index contributed by atoms with van der Waals surface area (Å²) >= 11 is 8.33. The minimum atomic E-state index is 0.567. The average Bonchev–Trinajstić information content (AvgIpc) is 1.68. The van der Waals surface area contributed by atoms with Crippen LogP contribution in [-0.2, 0) is 0 Å². The van der Waals surface area contributed by atoms with E-state index in [-0.39, 0.29) is 0 Å². The standard InChI is InChI=1S/C5H12S2/c1-2-5(7)3-4-6/h5-7H,2-4H2,1H3. The second-order valence-corrected chi connectivity index (χ2v) is 2.75. The van der Waals surface area contributed by atoms with Crippen LogP contribution in [0.15, 0.2) is 0 Å². The third kappa shape index (κ3) is 4.56. The monoisotopic (exact) mass is 136 g/mol. The molecule has 0 saturated carbocycles. The first-order valence-electron chi connectivity index (χ1n) is 2.60. The fourth-order valence-corrected chi connectivity index (χ4v) is 0.998. The van der Waals surface area contributed by atoms with E-state index < -0.39 is 0 Å². The highest BCUT2D eigenvalue weighted by Gasteiger charge is 1.94. The average molecular weight is 136 g/mol. The maximum atomic E-state index is 4.26. The van der Waals surface area contributed by atoms with Crippen molar-refractivity contribution in [2.75, 3.05) is 5.75 Å². The van der Waals surface area contributed by atoms with Gasteiger partial charge in [0.1, 0.15) is 0 Å². The van der Waals surface area contributed by atoms with Crippen LogP contribution in [0, 0.1) is 0 Å². The molecular formula is C5H12S2. The van der Waals surface area contributed by atoms with E-state index in [1.165, 1.54) is 0 Å². The van der Waals surface area contributed by atoms with E-state index in [1.54, 1.807) is 0 Å². The maximum absolute atomic E-state index is 4.26. The van der Waals surface area contributed by atoms with E-state index >= 15 is 0 Å². The molecule has 0 heterocycles. The topological polar surface area (TPSA) is 0 Å². The van der Waals surface area contributed by atoms with Crippen molar-refractivity contribution in [2.45, 2.75) is 25.0 Å². The predicted molar refractivity (Wildman–Crippen MR) is 41.5 cm³/mol. The van der Waals surface area contributed by atoms with E-state index in [4.69, 9.17) is 0 Å². The number of hydrogen-bond acceptors (Lipinski definition) is 2. The second-order valence-electron chi connectivity index (χ2n) is 1.57. The van der Waals surface area contributed by atoms with Crippen LogP contribution >= 0.6 is 25.3 Å². The largest absolute Gasteiger partial charge is 0.179 e. The smallest absolute Gasteiger partial charge is 0.00219 e. The molecule has 0 N–H and O–H groups in total. The van der Waals surface area contributed by atoms with Gasteiger partial charge in [-0.1, -0.05) is 6.92 Å². The Morgan fingerprint density at radius 3 is 2.29 bits per heavy atom. The van der Waals surface area contributed by atoms with Crippen LogP contribution in [0.4, 0.5) is 0 Å². The highest BCUT2D eigenvalue weighted by atomic mass is 32.1. The van der Waals surface area contributed by atoms with Gasteiger partial charge in [0.25, 0.3) is 0 Å². The van der Waals surface area contributed by atoms with Gasteiger partial charge in [0.2, 0.25) is 0 Å². The number of thiol groups is 2. The first-order chi connectivity index (χ1) is 3.31. The zero-order valence-corrected chi connectivity index (χ0v) is 6.38. The van der Waals surface area contributed by atoms with Crippen LogP contribution in [0.5, 0.6) is 0 Å². The summed E-state index contributed by atoms with van der Waals surface area (Å²) in [6, 6.07) is 0. The Morgan fingerprint density at radius 1 is 1.57 bits per heavy atom. The SMILES string of the molecule is CCC(S)CCS. The molecule has 1 atom stereocenters. The maximum Gasteiger partial charge on any atom is 0.00219 e. The molecule has 0 spiro atoms. The fraction of sp³-hybridized carbons (Fsp3) is 1.00. The molecule has 0 aliphatic rings. The lowest BCUT2D eigenvalue weighted by Gasteiger charge is -2.01. The van der Waals surface area contributed by atoms with E-state index in [0.29, 0.717) is 5.25 Å². The molecule has 7 heavy (non-hydrogen) atoms. The Balaban J connectivity index is 2.83. The van der Waals surface area contributed by atoms with Crippen LogP contribution in [0.25, 0.3) is 0 Å². The molecule has 0 aromatic rings. The molecule has 2 heteroatoms. The predicted octanol–water partition coefficient (Wildman–Crippen LogP) is 2.01. The molecule has 0 fully saturated rings. The van der Waals surface area contributed by atoms with E-state index in [0.717, 1.165) is 18.6 Å².